The molecule has 21 heavy (non-hydrogen) atoms. The van der Waals surface area contributed by atoms with Crippen LogP contribution >= 0.6 is 0 Å². The number of hydrogen-bond acceptors (Lipinski definition) is 5. The van der Waals surface area contributed by atoms with Gasteiger partial charge in [-0.15, -0.1) is 0 Å². The van der Waals surface area contributed by atoms with E-state index in [1.165, 1.54) is 7.11 Å². The number of carbonyl (C=O) groups is 1. The van der Waals surface area contributed by atoms with Crippen LogP contribution in [0.1, 0.15) is 5.56 Å². The third-order valence-corrected chi connectivity index (χ3v) is 4.53. The second-order valence-corrected chi connectivity index (χ2v) is 7.07. The number of hydrogen-bond donors (Lipinski definition) is 1. The first-order valence-electron chi connectivity index (χ1n) is 6.35. The van der Waals surface area contributed by atoms with Crippen molar-refractivity contribution in [2.75, 3.05) is 13.4 Å². The zero-order valence-corrected chi connectivity index (χ0v) is 13.0. The van der Waals surface area contributed by atoms with Crippen LogP contribution in [0, 0.1) is 0 Å². The predicted molar refractivity (Wildman–Crippen MR) is 79.7 cm³/mol. The minimum Gasteiger partial charge on any atom is -0.468 e. The summed E-state index contributed by atoms with van der Waals surface area (Å²) in [6.45, 7) is 0. The predicted octanol–water partition coefficient (Wildman–Crippen LogP) is 0.625. The van der Waals surface area contributed by atoms with E-state index in [-0.39, 0.29) is 11.3 Å². The van der Waals surface area contributed by atoms with Crippen molar-refractivity contribution in [2.24, 2.45) is 12.8 Å². The molecule has 0 spiro atoms. The Kier molecular flexibility index (Phi) is 4.06. The van der Waals surface area contributed by atoms with Crippen LogP contribution in [-0.4, -0.2) is 38.4 Å². The second-order valence-electron chi connectivity index (χ2n) is 5.05. The van der Waals surface area contributed by atoms with Gasteiger partial charge in [-0.1, -0.05) is 0 Å². The highest BCUT2D eigenvalue weighted by molar-refractivity contribution is 7.90. The van der Waals surface area contributed by atoms with E-state index in [2.05, 4.69) is 4.74 Å². The van der Waals surface area contributed by atoms with Crippen LogP contribution in [0.15, 0.2) is 29.3 Å². The Hall–Kier alpha value is -1.86. The Morgan fingerprint density at radius 2 is 2.10 bits per heavy atom. The third-order valence-electron chi connectivity index (χ3n) is 3.42. The number of esters is 1. The van der Waals surface area contributed by atoms with E-state index in [1.807, 2.05) is 17.8 Å². The molecule has 7 heteroatoms. The Morgan fingerprint density at radius 3 is 2.67 bits per heavy atom. The molecular formula is C14H18N2O4S. The molecule has 0 bridgehead atoms. The van der Waals surface area contributed by atoms with Gasteiger partial charge in [-0.25, -0.2) is 8.42 Å². The molecule has 1 aromatic heterocycles. The van der Waals surface area contributed by atoms with Crippen molar-refractivity contribution in [3.8, 4) is 0 Å². The lowest BCUT2D eigenvalue weighted by Gasteiger charge is -2.08. The highest BCUT2D eigenvalue weighted by Gasteiger charge is 2.18. The third kappa shape index (κ3) is 3.08. The van der Waals surface area contributed by atoms with E-state index >= 15 is 0 Å². The topological polar surface area (TPSA) is 91.4 Å². The van der Waals surface area contributed by atoms with Gasteiger partial charge in [-0.3, -0.25) is 4.79 Å². The lowest BCUT2D eigenvalue weighted by atomic mass is 10.1. The molecule has 0 aliphatic rings. The summed E-state index contributed by atoms with van der Waals surface area (Å²) < 4.78 is 29.8. The molecule has 0 amide bonds. The van der Waals surface area contributed by atoms with Crippen LogP contribution in [0.25, 0.3) is 10.9 Å². The summed E-state index contributed by atoms with van der Waals surface area (Å²) in [4.78, 5) is 11.7. The first-order valence-corrected chi connectivity index (χ1v) is 8.24. The van der Waals surface area contributed by atoms with Gasteiger partial charge in [0.15, 0.2) is 9.84 Å². The van der Waals surface area contributed by atoms with Gasteiger partial charge in [-0.05, 0) is 23.8 Å². The number of nitrogens with two attached hydrogens (primary N) is 1. The number of nitrogens with zero attached hydrogens (tertiary/aromatic N) is 1. The van der Waals surface area contributed by atoms with Crippen molar-refractivity contribution in [2.45, 2.75) is 17.4 Å². The summed E-state index contributed by atoms with van der Waals surface area (Å²) in [5, 5.41) is 0.778. The lowest BCUT2D eigenvalue weighted by Crippen LogP contribution is -2.33. The van der Waals surface area contributed by atoms with Crippen molar-refractivity contribution in [3.05, 3.63) is 30.0 Å². The van der Waals surface area contributed by atoms with Gasteiger partial charge in [0.1, 0.15) is 6.04 Å². The van der Waals surface area contributed by atoms with Crippen molar-refractivity contribution in [1.29, 1.82) is 0 Å². The minimum absolute atomic E-state index is 0.245. The molecule has 0 saturated heterocycles. The Bertz CT molecular complexity index is 793. The molecule has 1 heterocycles. The number of ether oxygens (including phenoxy) is 1. The first kappa shape index (κ1) is 15.5. The van der Waals surface area contributed by atoms with Crippen LogP contribution in [0.4, 0.5) is 0 Å². The summed E-state index contributed by atoms with van der Waals surface area (Å²) in [5.41, 5.74) is 7.48. The number of sulfone groups is 1. The summed E-state index contributed by atoms with van der Waals surface area (Å²) in [5.74, 6) is -0.494. The van der Waals surface area contributed by atoms with Gasteiger partial charge < -0.3 is 15.0 Å². The van der Waals surface area contributed by atoms with Crippen molar-refractivity contribution in [3.63, 3.8) is 0 Å². The van der Waals surface area contributed by atoms with Crippen molar-refractivity contribution < 1.29 is 17.9 Å². The zero-order valence-electron chi connectivity index (χ0n) is 12.2. The normalized spacial score (nSPS) is 13.3. The molecule has 0 aliphatic heterocycles. The maximum atomic E-state index is 11.7. The maximum Gasteiger partial charge on any atom is 0.322 e. The van der Waals surface area contributed by atoms with Crippen LogP contribution in [0.3, 0.4) is 0 Å². The maximum absolute atomic E-state index is 11.7. The first-order chi connectivity index (χ1) is 9.74. The summed E-state index contributed by atoms with van der Waals surface area (Å²) in [6, 6.07) is 4.16. The molecule has 2 rings (SSSR count). The van der Waals surface area contributed by atoms with E-state index in [0.717, 1.165) is 22.7 Å². The second kappa shape index (κ2) is 5.50. The van der Waals surface area contributed by atoms with E-state index < -0.39 is 21.8 Å². The fraction of sp³-hybridized carbons (Fsp3) is 0.357. The molecule has 0 saturated carbocycles. The molecular weight excluding hydrogens is 292 g/mol. The van der Waals surface area contributed by atoms with Crippen molar-refractivity contribution >= 4 is 26.7 Å². The summed E-state index contributed by atoms with van der Waals surface area (Å²) in [7, 11) is -0.142. The number of aromatic nitrogens is 1. The zero-order chi connectivity index (χ0) is 15.8. The molecule has 114 valence electrons. The molecule has 0 aliphatic carbocycles. The molecule has 1 atom stereocenters. The Labute approximate surface area is 123 Å². The minimum atomic E-state index is -3.28. The standard InChI is InChI=1S/C14H18N2O4S/c1-16-8-9(6-12(15)14(17)20-2)11-7-10(21(3,18)19)4-5-13(11)16/h4-5,7-8,12H,6,15H2,1-3H3. The highest BCUT2D eigenvalue weighted by Crippen LogP contribution is 2.25. The highest BCUT2D eigenvalue weighted by atomic mass is 32.2. The Morgan fingerprint density at radius 1 is 1.43 bits per heavy atom. The number of benzene rings is 1. The van der Waals surface area contributed by atoms with Crippen LogP contribution in [0.2, 0.25) is 0 Å². The largest absolute Gasteiger partial charge is 0.468 e. The monoisotopic (exact) mass is 310 g/mol. The summed E-state index contributed by atoms with van der Waals surface area (Å²) >= 11 is 0. The average molecular weight is 310 g/mol. The number of rotatable bonds is 4. The number of carbonyl (C=O) groups excluding carboxylic acids is 1. The van der Waals surface area contributed by atoms with Gasteiger partial charge in [-0.2, -0.15) is 0 Å². The SMILES string of the molecule is COC(=O)C(N)Cc1cn(C)c2ccc(S(C)(=O)=O)cc12. The van der Waals surface area contributed by atoms with E-state index in [4.69, 9.17) is 5.73 Å². The fourth-order valence-electron chi connectivity index (χ4n) is 2.32. The summed E-state index contributed by atoms with van der Waals surface area (Å²) in [6.07, 6.45) is 3.30. The van der Waals surface area contributed by atoms with Crippen LogP contribution in [-0.2, 0) is 32.8 Å². The molecule has 2 N–H and O–H groups in total. The molecule has 1 aromatic carbocycles. The van der Waals surface area contributed by atoms with Gasteiger partial charge >= 0.3 is 5.97 Å². The van der Waals surface area contributed by atoms with E-state index in [9.17, 15) is 13.2 Å². The van der Waals surface area contributed by atoms with Gasteiger partial charge in [0.05, 0.1) is 12.0 Å². The van der Waals surface area contributed by atoms with Crippen LogP contribution in [0.5, 0.6) is 0 Å². The van der Waals surface area contributed by atoms with Crippen molar-refractivity contribution in [1.82, 2.24) is 4.57 Å². The number of fused-ring (bicyclic) bond motifs is 1. The van der Waals surface area contributed by atoms with E-state index in [0.29, 0.717) is 0 Å². The smallest absolute Gasteiger partial charge is 0.322 e. The fourth-order valence-corrected chi connectivity index (χ4v) is 2.96. The number of aryl methyl sites for hydroxylation is 1. The van der Waals surface area contributed by atoms with Gasteiger partial charge in [0.2, 0.25) is 0 Å². The number of methoxy groups -OCH3 is 1. The quantitative estimate of drug-likeness (QED) is 0.836. The Balaban J connectivity index is 2.51. The molecule has 0 radical (unpaired) electrons. The molecule has 0 fully saturated rings. The molecule has 6 nitrogen and oxygen atoms in total. The van der Waals surface area contributed by atoms with Crippen LogP contribution < -0.4 is 5.73 Å². The average Bonchev–Trinajstić information content (AvgIpc) is 2.73. The van der Waals surface area contributed by atoms with E-state index in [1.54, 1.807) is 18.2 Å². The van der Waals surface area contributed by atoms with Gasteiger partial charge in [0.25, 0.3) is 0 Å². The lowest BCUT2D eigenvalue weighted by molar-refractivity contribution is -0.142. The molecule has 1 unspecified atom stereocenters. The molecule has 2 aromatic rings. The van der Waals surface area contributed by atoms with Gasteiger partial charge in [0, 0.05) is 36.8 Å².